The van der Waals surface area contributed by atoms with E-state index < -0.39 is 0 Å². The van der Waals surface area contributed by atoms with Crippen LogP contribution < -0.4 is 5.32 Å². The molecule has 2 N–H and O–H groups in total. The molecule has 0 aliphatic heterocycles. The first-order valence-corrected chi connectivity index (χ1v) is 6.22. The average Bonchev–Trinajstić information content (AvgIpc) is 2.45. The Balaban J connectivity index is 2.13. The smallest absolute Gasteiger partial charge is 0.169 e. The van der Waals surface area contributed by atoms with Gasteiger partial charge < -0.3 is 19.9 Å². The lowest BCUT2D eigenvalue weighted by molar-refractivity contribution is -0.0989. The van der Waals surface area contributed by atoms with Gasteiger partial charge in [0.25, 0.3) is 0 Å². The van der Waals surface area contributed by atoms with Gasteiger partial charge in [-0.1, -0.05) is 30.3 Å². The van der Waals surface area contributed by atoms with Crippen LogP contribution in [0.25, 0.3) is 10.8 Å². The lowest BCUT2D eigenvalue weighted by Gasteiger charge is -2.15. The fourth-order valence-corrected chi connectivity index (χ4v) is 2.09. The minimum atomic E-state index is -0.280. The third-order valence-electron chi connectivity index (χ3n) is 3.15. The van der Waals surface area contributed by atoms with Crippen LogP contribution in [0, 0.1) is 0 Å². The molecule has 0 aliphatic rings. The summed E-state index contributed by atoms with van der Waals surface area (Å²) in [6.45, 7) is 1.13. The number of phenols is 1. The van der Waals surface area contributed by atoms with Crippen LogP contribution in [0.3, 0.4) is 0 Å². The zero-order chi connectivity index (χ0) is 13.7. The molecule has 0 saturated heterocycles. The summed E-state index contributed by atoms with van der Waals surface area (Å²) in [7, 11) is 3.20. The molecule has 0 radical (unpaired) electrons. The predicted molar refractivity (Wildman–Crippen MR) is 75.1 cm³/mol. The third-order valence-corrected chi connectivity index (χ3v) is 3.15. The maximum Gasteiger partial charge on any atom is 0.169 e. The molecule has 2 aromatic carbocycles. The van der Waals surface area contributed by atoms with Crippen molar-refractivity contribution < 1.29 is 14.6 Å². The molecule has 0 heterocycles. The van der Waals surface area contributed by atoms with Gasteiger partial charge >= 0.3 is 0 Å². The van der Waals surface area contributed by atoms with E-state index in [0.717, 1.165) is 16.3 Å². The number of methoxy groups -OCH3 is 2. The van der Waals surface area contributed by atoms with Crippen molar-refractivity contribution in [1.82, 2.24) is 5.32 Å². The van der Waals surface area contributed by atoms with Crippen LogP contribution in [0.2, 0.25) is 0 Å². The number of fused-ring (bicyclic) bond motifs is 1. The molecular formula is C15H19NO3. The Kier molecular flexibility index (Phi) is 4.74. The summed E-state index contributed by atoms with van der Waals surface area (Å²) in [6, 6.07) is 11.6. The Labute approximate surface area is 113 Å². The van der Waals surface area contributed by atoms with Crippen LogP contribution in [0.5, 0.6) is 5.75 Å². The van der Waals surface area contributed by atoms with Crippen LogP contribution in [-0.4, -0.2) is 32.2 Å². The van der Waals surface area contributed by atoms with Crippen molar-refractivity contribution in [2.24, 2.45) is 0 Å². The van der Waals surface area contributed by atoms with Crippen LogP contribution in [0.1, 0.15) is 5.56 Å². The lowest BCUT2D eigenvalue weighted by atomic mass is 10.0. The molecule has 0 fully saturated rings. The number of nitrogens with one attached hydrogen (secondary N) is 1. The molecule has 0 spiro atoms. The standard InChI is InChI=1S/C15H19NO3/c1-18-15(19-2)10-16-9-13-12-6-4-3-5-11(12)7-8-14(13)17/h3-8,15-17H,9-10H2,1-2H3. The van der Waals surface area contributed by atoms with Gasteiger partial charge in [0, 0.05) is 32.9 Å². The number of benzene rings is 2. The molecule has 0 amide bonds. The van der Waals surface area contributed by atoms with E-state index in [1.165, 1.54) is 0 Å². The van der Waals surface area contributed by atoms with Gasteiger partial charge in [0.1, 0.15) is 5.75 Å². The van der Waals surface area contributed by atoms with Crippen molar-refractivity contribution in [1.29, 1.82) is 0 Å². The number of aromatic hydroxyl groups is 1. The maximum atomic E-state index is 9.99. The van der Waals surface area contributed by atoms with E-state index in [1.807, 2.05) is 30.3 Å². The van der Waals surface area contributed by atoms with Crippen LogP contribution >= 0.6 is 0 Å². The highest BCUT2D eigenvalue weighted by atomic mass is 16.7. The van der Waals surface area contributed by atoms with Gasteiger partial charge in [-0.3, -0.25) is 0 Å². The molecule has 102 valence electrons. The lowest BCUT2D eigenvalue weighted by Crippen LogP contribution is -2.29. The first kappa shape index (κ1) is 13.8. The van der Waals surface area contributed by atoms with E-state index in [0.29, 0.717) is 18.8 Å². The van der Waals surface area contributed by atoms with E-state index >= 15 is 0 Å². The van der Waals surface area contributed by atoms with E-state index in [4.69, 9.17) is 9.47 Å². The molecule has 2 aromatic rings. The number of hydrogen-bond donors (Lipinski definition) is 2. The number of rotatable bonds is 6. The summed E-state index contributed by atoms with van der Waals surface area (Å²) >= 11 is 0. The van der Waals surface area contributed by atoms with Gasteiger partial charge in [-0.25, -0.2) is 0 Å². The molecule has 4 nitrogen and oxygen atoms in total. The minimum Gasteiger partial charge on any atom is -0.508 e. The summed E-state index contributed by atoms with van der Waals surface area (Å²) in [4.78, 5) is 0. The SMILES string of the molecule is COC(CNCc1c(O)ccc2ccccc12)OC. The van der Waals surface area contributed by atoms with Gasteiger partial charge in [0.2, 0.25) is 0 Å². The minimum absolute atomic E-state index is 0.280. The summed E-state index contributed by atoms with van der Waals surface area (Å²) in [6.07, 6.45) is -0.280. The second-order valence-electron chi connectivity index (χ2n) is 4.32. The Morgan fingerprint density at radius 3 is 2.58 bits per heavy atom. The predicted octanol–water partition coefficient (Wildman–Crippen LogP) is 2.25. The first-order chi connectivity index (χ1) is 9.26. The highest BCUT2D eigenvalue weighted by Gasteiger charge is 2.08. The Morgan fingerprint density at radius 2 is 1.84 bits per heavy atom. The van der Waals surface area contributed by atoms with Crippen molar-refractivity contribution in [3.05, 3.63) is 42.0 Å². The van der Waals surface area contributed by atoms with E-state index in [2.05, 4.69) is 5.32 Å². The normalized spacial score (nSPS) is 11.3. The molecule has 0 aliphatic carbocycles. The first-order valence-electron chi connectivity index (χ1n) is 6.22. The van der Waals surface area contributed by atoms with Gasteiger partial charge in [0.05, 0.1) is 0 Å². The monoisotopic (exact) mass is 261 g/mol. The number of phenolic OH excluding ortho intramolecular Hbond substituents is 1. The Morgan fingerprint density at radius 1 is 1.11 bits per heavy atom. The fourth-order valence-electron chi connectivity index (χ4n) is 2.09. The van der Waals surface area contributed by atoms with Crippen molar-refractivity contribution in [3.63, 3.8) is 0 Å². The van der Waals surface area contributed by atoms with E-state index in [1.54, 1.807) is 20.3 Å². The zero-order valence-corrected chi connectivity index (χ0v) is 11.2. The highest BCUT2D eigenvalue weighted by molar-refractivity contribution is 5.87. The second-order valence-corrected chi connectivity index (χ2v) is 4.32. The molecule has 0 unspecified atom stereocenters. The van der Waals surface area contributed by atoms with Gasteiger partial charge in [-0.05, 0) is 16.8 Å². The van der Waals surface area contributed by atoms with Crippen molar-refractivity contribution in [3.8, 4) is 5.75 Å². The molecular weight excluding hydrogens is 242 g/mol. The average molecular weight is 261 g/mol. The topological polar surface area (TPSA) is 50.7 Å². The van der Waals surface area contributed by atoms with E-state index in [-0.39, 0.29) is 6.29 Å². The quantitative estimate of drug-likeness (QED) is 0.783. The number of hydrogen-bond acceptors (Lipinski definition) is 4. The molecule has 0 atom stereocenters. The van der Waals surface area contributed by atoms with E-state index in [9.17, 15) is 5.11 Å². The molecule has 4 heteroatoms. The molecule has 19 heavy (non-hydrogen) atoms. The third kappa shape index (κ3) is 3.23. The van der Waals surface area contributed by atoms with Crippen molar-refractivity contribution in [2.45, 2.75) is 12.8 Å². The summed E-state index contributed by atoms with van der Waals surface area (Å²) < 4.78 is 10.2. The largest absolute Gasteiger partial charge is 0.508 e. The van der Waals surface area contributed by atoms with Gasteiger partial charge in [0.15, 0.2) is 6.29 Å². The van der Waals surface area contributed by atoms with Crippen LogP contribution in [0.15, 0.2) is 36.4 Å². The summed E-state index contributed by atoms with van der Waals surface area (Å²) in [5.41, 5.74) is 0.893. The zero-order valence-electron chi connectivity index (χ0n) is 11.2. The van der Waals surface area contributed by atoms with Gasteiger partial charge in [-0.15, -0.1) is 0 Å². The van der Waals surface area contributed by atoms with Crippen LogP contribution in [0.4, 0.5) is 0 Å². The molecule has 0 bridgehead atoms. The summed E-state index contributed by atoms with van der Waals surface area (Å²) in [5.74, 6) is 0.303. The second kappa shape index (κ2) is 6.52. The van der Waals surface area contributed by atoms with Crippen molar-refractivity contribution in [2.75, 3.05) is 20.8 Å². The van der Waals surface area contributed by atoms with Crippen LogP contribution in [-0.2, 0) is 16.0 Å². The molecule has 2 rings (SSSR count). The Hall–Kier alpha value is -1.62. The highest BCUT2D eigenvalue weighted by Crippen LogP contribution is 2.26. The number of ether oxygens (including phenoxy) is 2. The van der Waals surface area contributed by atoms with Gasteiger partial charge in [-0.2, -0.15) is 0 Å². The fraction of sp³-hybridized carbons (Fsp3) is 0.333. The maximum absolute atomic E-state index is 9.99. The molecule has 0 saturated carbocycles. The van der Waals surface area contributed by atoms with Crippen molar-refractivity contribution >= 4 is 10.8 Å². The molecule has 0 aromatic heterocycles. The Bertz CT molecular complexity index is 538. The summed E-state index contributed by atoms with van der Waals surface area (Å²) in [5, 5.41) is 15.4.